The van der Waals surface area contributed by atoms with Crippen LogP contribution in [0.5, 0.6) is 11.5 Å². The van der Waals surface area contributed by atoms with Crippen LogP contribution in [-0.2, 0) is 17.8 Å². The first-order chi connectivity index (χ1) is 14.9. The Hall–Kier alpha value is -2.94. The maximum Gasteiger partial charge on any atom is 0.387 e. The van der Waals surface area contributed by atoms with E-state index >= 15 is 0 Å². The fourth-order valence-electron chi connectivity index (χ4n) is 3.31. The minimum absolute atomic E-state index is 0.0261. The molecule has 31 heavy (non-hydrogen) atoms. The van der Waals surface area contributed by atoms with Crippen molar-refractivity contribution < 1.29 is 27.5 Å². The number of hydrogen-bond donors (Lipinski definition) is 0. The van der Waals surface area contributed by atoms with Gasteiger partial charge in [-0.05, 0) is 49.6 Å². The van der Waals surface area contributed by atoms with Crippen molar-refractivity contribution in [3.05, 3.63) is 52.7 Å². The van der Waals surface area contributed by atoms with Crippen LogP contribution in [0.3, 0.4) is 0 Å². The van der Waals surface area contributed by atoms with Crippen molar-refractivity contribution in [2.24, 2.45) is 0 Å². The third-order valence-corrected chi connectivity index (χ3v) is 5.85. The largest absolute Gasteiger partial charge is 0.493 e. The molecule has 1 aliphatic carbocycles. The van der Waals surface area contributed by atoms with Crippen molar-refractivity contribution in [3.8, 4) is 22.3 Å². The van der Waals surface area contributed by atoms with Gasteiger partial charge in [0.15, 0.2) is 22.3 Å². The smallest absolute Gasteiger partial charge is 0.387 e. The zero-order valence-electron chi connectivity index (χ0n) is 17.1. The summed E-state index contributed by atoms with van der Waals surface area (Å²) >= 11 is 1.44. The third-order valence-electron chi connectivity index (χ3n) is 4.94. The average Bonchev–Trinajstić information content (AvgIpc) is 3.31. The summed E-state index contributed by atoms with van der Waals surface area (Å²) < 4.78 is 40.3. The number of carbonyl (C=O) groups excluding carboxylic acids is 1. The number of furan rings is 1. The van der Waals surface area contributed by atoms with Gasteiger partial charge in [0.1, 0.15) is 5.76 Å². The quantitative estimate of drug-likeness (QED) is 0.458. The Bertz CT molecular complexity index is 1060. The maximum absolute atomic E-state index is 13.0. The predicted molar refractivity (Wildman–Crippen MR) is 111 cm³/mol. The van der Waals surface area contributed by atoms with E-state index in [2.05, 4.69) is 9.72 Å². The van der Waals surface area contributed by atoms with E-state index < -0.39 is 6.61 Å². The third kappa shape index (κ3) is 5.22. The second-order valence-electron chi connectivity index (χ2n) is 7.35. The first kappa shape index (κ1) is 21.3. The fraction of sp³-hybridized carbons (Fsp3) is 0.364. The first-order valence-corrected chi connectivity index (χ1v) is 10.7. The number of halogens is 2. The van der Waals surface area contributed by atoms with E-state index in [9.17, 15) is 13.6 Å². The molecule has 0 saturated heterocycles. The highest BCUT2D eigenvalue weighted by Gasteiger charge is 2.33. The Morgan fingerprint density at radius 2 is 2.10 bits per heavy atom. The van der Waals surface area contributed by atoms with Gasteiger partial charge in [0, 0.05) is 18.0 Å². The van der Waals surface area contributed by atoms with Crippen LogP contribution in [0.15, 0.2) is 40.1 Å². The number of aryl methyl sites for hydroxylation is 1. The molecule has 164 valence electrons. The highest BCUT2D eigenvalue weighted by atomic mass is 32.1. The minimum atomic E-state index is -2.93. The van der Waals surface area contributed by atoms with Crippen LogP contribution in [0, 0.1) is 6.92 Å². The lowest BCUT2D eigenvalue weighted by molar-refractivity contribution is -0.131. The molecule has 3 aromatic rings. The number of carbonyl (C=O) groups is 1. The molecule has 0 spiro atoms. The molecule has 1 fully saturated rings. The molecule has 2 aromatic heterocycles. The number of hydrogen-bond acceptors (Lipinski definition) is 6. The number of nitrogens with zero attached hydrogens (tertiary/aromatic N) is 2. The van der Waals surface area contributed by atoms with Crippen molar-refractivity contribution in [2.75, 3.05) is 7.11 Å². The molecule has 0 radical (unpaired) electrons. The zero-order chi connectivity index (χ0) is 22.0. The Kier molecular flexibility index (Phi) is 6.22. The molecule has 6 nitrogen and oxygen atoms in total. The zero-order valence-corrected chi connectivity index (χ0v) is 18.0. The SMILES string of the molecule is COc1cc(CN(C(=O)Cc2csc(-c3ccc(C)o3)n2)C2CC2)ccc1OC(F)F. The van der Waals surface area contributed by atoms with Gasteiger partial charge in [0.25, 0.3) is 0 Å². The van der Waals surface area contributed by atoms with E-state index in [4.69, 9.17) is 9.15 Å². The van der Waals surface area contributed by atoms with Gasteiger partial charge in [0.05, 0.1) is 19.2 Å². The molecule has 1 amide bonds. The number of methoxy groups -OCH3 is 1. The Balaban J connectivity index is 1.46. The summed E-state index contributed by atoms with van der Waals surface area (Å²) in [6.45, 7) is -0.697. The average molecular weight is 448 g/mol. The van der Waals surface area contributed by atoms with E-state index in [1.54, 1.807) is 12.1 Å². The molecule has 2 heterocycles. The summed E-state index contributed by atoms with van der Waals surface area (Å²) in [6.07, 6.45) is 2.09. The molecule has 4 rings (SSSR count). The summed E-state index contributed by atoms with van der Waals surface area (Å²) in [5, 5.41) is 2.61. The number of thiazole rings is 1. The summed E-state index contributed by atoms with van der Waals surface area (Å²) in [6, 6.07) is 8.66. The molecule has 1 saturated carbocycles. The van der Waals surface area contributed by atoms with E-state index in [0.717, 1.165) is 29.2 Å². The van der Waals surface area contributed by atoms with Gasteiger partial charge in [0.2, 0.25) is 5.91 Å². The van der Waals surface area contributed by atoms with Crippen molar-refractivity contribution in [3.63, 3.8) is 0 Å². The maximum atomic E-state index is 13.0. The van der Waals surface area contributed by atoms with Crippen LogP contribution in [-0.4, -0.2) is 35.6 Å². The molecular formula is C22H22F2N2O4S. The minimum Gasteiger partial charge on any atom is -0.493 e. The lowest BCUT2D eigenvalue weighted by Gasteiger charge is -2.23. The second-order valence-corrected chi connectivity index (χ2v) is 8.21. The van der Waals surface area contributed by atoms with Crippen LogP contribution < -0.4 is 9.47 Å². The molecule has 1 aromatic carbocycles. The molecule has 0 bridgehead atoms. The highest BCUT2D eigenvalue weighted by molar-refractivity contribution is 7.13. The highest BCUT2D eigenvalue weighted by Crippen LogP contribution is 2.33. The first-order valence-electron chi connectivity index (χ1n) is 9.85. The fourth-order valence-corrected chi connectivity index (χ4v) is 4.09. The Morgan fingerprint density at radius 1 is 1.29 bits per heavy atom. The molecular weight excluding hydrogens is 426 g/mol. The molecule has 9 heteroatoms. The Morgan fingerprint density at radius 3 is 2.74 bits per heavy atom. The van der Waals surface area contributed by atoms with Gasteiger partial charge in [-0.2, -0.15) is 8.78 Å². The molecule has 1 aliphatic rings. The van der Waals surface area contributed by atoms with Crippen molar-refractivity contribution in [1.82, 2.24) is 9.88 Å². The summed E-state index contributed by atoms with van der Waals surface area (Å²) in [5.41, 5.74) is 1.48. The normalized spacial score (nSPS) is 13.5. The number of ether oxygens (including phenoxy) is 2. The molecule has 0 unspecified atom stereocenters. The standard InChI is InChI=1S/C22H22F2N2O4S/c1-13-3-7-18(29-13)21-25-15(12-31-21)10-20(27)26(16-5-6-16)11-14-4-8-17(30-22(23)24)19(9-14)28-2/h3-4,7-9,12,16,22H,5-6,10-11H2,1-2H3. The van der Waals surface area contributed by atoms with Gasteiger partial charge >= 0.3 is 6.61 Å². The molecule has 0 aliphatic heterocycles. The molecule has 0 N–H and O–H groups in total. The van der Waals surface area contributed by atoms with E-state index in [1.807, 2.05) is 29.3 Å². The van der Waals surface area contributed by atoms with Gasteiger partial charge in [-0.15, -0.1) is 11.3 Å². The van der Waals surface area contributed by atoms with Crippen molar-refractivity contribution in [1.29, 1.82) is 0 Å². The number of aromatic nitrogens is 1. The summed E-state index contributed by atoms with van der Waals surface area (Å²) in [4.78, 5) is 19.4. The second kappa shape index (κ2) is 9.05. The number of benzene rings is 1. The number of rotatable bonds is 9. The number of alkyl halides is 2. The lowest BCUT2D eigenvalue weighted by atomic mass is 10.1. The number of amides is 1. The van der Waals surface area contributed by atoms with E-state index in [-0.39, 0.29) is 29.9 Å². The monoisotopic (exact) mass is 448 g/mol. The van der Waals surface area contributed by atoms with Crippen LogP contribution in [0.1, 0.15) is 29.9 Å². The van der Waals surface area contributed by atoms with Crippen molar-refractivity contribution in [2.45, 2.75) is 45.4 Å². The van der Waals surface area contributed by atoms with Crippen LogP contribution in [0.4, 0.5) is 8.78 Å². The van der Waals surface area contributed by atoms with Gasteiger partial charge in [-0.3, -0.25) is 4.79 Å². The Labute approximate surface area is 182 Å². The van der Waals surface area contributed by atoms with Gasteiger partial charge in [-0.25, -0.2) is 4.98 Å². The van der Waals surface area contributed by atoms with Crippen LogP contribution in [0.2, 0.25) is 0 Å². The summed E-state index contributed by atoms with van der Waals surface area (Å²) in [5.74, 6) is 1.65. The lowest BCUT2D eigenvalue weighted by Crippen LogP contribution is -2.33. The van der Waals surface area contributed by atoms with E-state index in [1.165, 1.54) is 24.5 Å². The van der Waals surface area contributed by atoms with Crippen LogP contribution >= 0.6 is 11.3 Å². The summed E-state index contributed by atoms with van der Waals surface area (Å²) in [7, 11) is 1.39. The van der Waals surface area contributed by atoms with Crippen molar-refractivity contribution >= 4 is 17.2 Å². The van der Waals surface area contributed by atoms with E-state index in [0.29, 0.717) is 18.0 Å². The van der Waals surface area contributed by atoms with Gasteiger partial charge < -0.3 is 18.8 Å². The van der Waals surface area contributed by atoms with Crippen LogP contribution in [0.25, 0.3) is 10.8 Å². The predicted octanol–water partition coefficient (Wildman–Crippen LogP) is 5.06. The van der Waals surface area contributed by atoms with Gasteiger partial charge in [-0.1, -0.05) is 6.07 Å². The topological polar surface area (TPSA) is 64.8 Å². The molecule has 0 atom stereocenters.